The van der Waals surface area contributed by atoms with E-state index in [1.165, 1.54) is 0 Å². The number of nitrogens with zero attached hydrogens (tertiary/aromatic N) is 1. The van der Waals surface area contributed by atoms with E-state index in [4.69, 9.17) is 11.6 Å². The first kappa shape index (κ1) is 14.7. The van der Waals surface area contributed by atoms with Crippen LogP contribution in [0.5, 0.6) is 0 Å². The van der Waals surface area contributed by atoms with E-state index in [9.17, 15) is 9.90 Å². The van der Waals surface area contributed by atoms with E-state index >= 15 is 0 Å². The normalized spacial score (nSPS) is 25.2. The lowest BCUT2D eigenvalue weighted by molar-refractivity contribution is -0.123. The lowest BCUT2D eigenvalue weighted by Crippen LogP contribution is -2.26. The van der Waals surface area contributed by atoms with E-state index in [2.05, 4.69) is 31.0 Å². The van der Waals surface area contributed by atoms with Crippen LogP contribution in [0.25, 0.3) is 0 Å². The van der Waals surface area contributed by atoms with Crippen LogP contribution in [0.1, 0.15) is 38.9 Å². The van der Waals surface area contributed by atoms with Crippen molar-refractivity contribution in [3.05, 3.63) is 22.7 Å². The van der Waals surface area contributed by atoms with Crippen molar-refractivity contribution >= 4 is 28.9 Å². The highest BCUT2D eigenvalue weighted by atomic mass is 35.5. The number of rotatable bonds is 1. The molecule has 0 aliphatic carbocycles. The molecule has 0 saturated carbocycles. The van der Waals surface area contributed by atoms with Crippen LogP contribution in [-0.2, 0) is 4.79 Å². The van der Waals surface area contributed by atoms with E-state index in [0.29, 0.717) is 22.2 Å². The van der Waals surface area contributed by atoms with Crippen molar-refractivity contribution < 1.29 is 9.90 Å². The largest absolute Gasteiger partial charge is 0.378 e. The van der Waals surface area contributed by atoms with Gasteiger partial charge in [0.1, 0.15) is 0 Å². The van der Waals surface area contributed by atoms with Crippen molar-refractivity contribution in [3.63, 3.8) is 0 Å². The maximum atomic E-state index is 11.5. The van der Waals surface area contributed by atoms with Crippen molar-refractivity contribution in [2.75, 3.05) is 23.3 Å². The SMILES string of the molecule is CC(C)(C)C1CCN(c2cc3c(cc2Cl)C(O)C(=O)N3)C1. The molecule has 1 saturated heterocycles. The molecule has 5 heteroatoms. The molecule has 0 aromatic heterocycles. The van der Waals surface area contributed by atoms with Gasteiger partial charge in [0.05, 0.1) is 10.7 Å². The second-order valence-corrected chi connectivity index (χ2v) is 7.49. The second-order valence-electron chi connectivity index (χ2n) is 7.08. The zero-order valence-corrected chi connectivity index (χ0v) is 13.4. The third-order valence-electron chi connectivity index (χ3n) is 4.67. The number of carbonyl (C=O) groups excluding carboxylic acids is 1. The minimum atomic E-state index is -1.10. The number of aliphatic hydroxyl groups excluding tert-OH is 1. The summed E-state index contributed by atoms with van der Waals surface area (Å²) in [5.74, 6) is 0.245. The molecule has 2 unspecified atom stereocenters. The van der Waals surface area contributed by atoms with Gasteiger partial charge in [-0.3, -0.25) is 4.79 Å². The summed E-state index contributed by atoms with van der Waals surface area (Å²) in [4.78, 5) is 13.8. The molecular formula is C16H21ClN2O2. The summed E-state index contributed by atoms with van der Waals surface area (Å²) in [5, 5.41) is 13.1. The molecule has 3 rings (SSSR count). The highest BCUT2D eigenvalue weighted by molar-refractivity contribution is 6.33. The quantitative estimate of drug-likeness (QED) is 0.837. The standard InChI is InChI=1S/C16H21ClN2O2/c1-16(2,3)9-4-5-19(8-9)13-7-12-10(6-11(13)17)14(20)15(21)18-12/h6-7,9,14,20H,4-5,8H2,1-3H3,(H,18,21). The molecule has 0 bridgehead atoms. The first-order valence-corrected chi connectivity index (χ1v) is 7.72. The summed E-state index contributed by atoms with van der Waals surface area (Å²) in [7, 11) is 0. The molecule has 0 radical (unpaired) electrons. The van der Waals surface area contributed by atoms with Crippen LogP contribution in [-0.4, -0.2) is 24.1 Å². The van der Waals surface area contributed by atoms with Crippen LogP contribution in [0.3, 0.4) is 0 Å². The lowest BCUT2D eigenvalue weighted by Gasteiger charge is -2.28. The van der Waals surface area contributed by atoms with Crippen molar-refractivity contribution in [1.29, 1.82) is 0 Å². The monoisotopic (exact) mass is 308 g/mol. The van der Waals surface area contributed by atoms with Crippen molar-refractivity contribution in [2.45, 2.75) is 33.3 Å². The number of aliphatic hydroxyl groups is 1. The van der Waals surface area contributed by atoms with Gasteiger partial charge in [-0.15, -0.1) is 0 Å². The van der Waals surface area contributed by atoms with Gasteiger partial charge in [-0.1, -0.05) is 32.4 Å². The number of benzene rings is 1. The lowest BCUT2D eigenvalue weighted by atomic mass is 9.80. The molecule has 1 aromatic rings. The third-order valence-corrected chi connectivity index (χ3v) is 4.98. The maximum Gasteiger partial charge on any atom is 0.257 e. The Morgan fingerprint density at radius 2 is 2.10 bits per heavy atom. The summed E-state index contributed by atoms with van der Waals surface area (Å²) in [6.07, 6.45) is 0.0405. The zero-order valence-electron chi connectivity index (χ0n) is 12.6. The van der Waals surface area contributed by atoms with Gasteiger partial charge in [0.2, 0.25) is 0 Å². The number of hydrogen-bond donors (Lipinski definition) is 2. The summed E-state index contributed by atoms with van der Waals surface area (Å²) < 4.78 is 0. The first-order valence-electron chi connectivity index (χ1n) is 7.34. The number of anilines is 2. The Hall–Kier alpha value is -1.26. The van der Waals surface area contributed by atoms with Gasteiger partial charge in [-0.2, -0.15) is 0 Å². The van der Waals surface area contributed by atoms with Gasteiger partial charge in [-0.25, -0.2) is 0 Å². The van der Waals surface area contributed by atoms with Crippen LogP contribution in [0.15, 0.2) is 12.1 Å². The number of carbonyl (C=O) groups is 1. The van der Waals surface area contributed by atoms with Gasteiger partial charge >= 0.3 is 0 Å². The van der Waals surface area contributed by atoms with Crippen molar-refractivity contribution in [3.8, 4) is 0 Å². The number of fused-ring (bicyclic) bond motifs is 1. The summed E-state index contributed by atoms with van der Waals surface area (Å²) in [6, 6.07) is 3.59. The Balaban J connectivity index is 1.88. The molecule has 21 heavy (non-hydrogen) atoms. The molecule has 1 amide bonds. The predicted octanol–water partition coefficient (Wildman–Crippen LogP) is 3.20. The molecule has 0 spiro atoms. The molecule has 2 aliphatic rings. The second kappa shape index (κ2) is 4.89. The molecule has 2 heterocycles. The van der Waals surface area contributed by atoms with Crippen LogP contribution in [0, 0.1) is 11.3 Å². The number of amides is 1. The Kier molecular flexibility index (Phi) is 3.41. The zero-order chi connectivity index (χ0) is 15.4. The summed E-state index contributed by atoms with van der Waals surface area (Å²) in [6.45, 7) is 8.74. The summed E-state index contributed by atoms with van der Waals surface area (Å²) in [5.41, 5.74) is 2.46. The molecule has 2 atom stereocenters. The minimum Gasteiger partial charge on any atom is -0.378 e. The minimum absolute atomic E-state index is 0.280. The Morgan fingerprint density at radius 1 is 1.38 bits per heavy atom. The van der Waals surface area contributed by atoms with Gasteiger partial charge < -0.3 is 15.3 Å². The molecule has 1 aromatic carbocycles. The van der Waals surface area contributed by atoms with E-state index in [-0.39, 0.29) is 11.3 Å². The Morgan fingerprint density at radius 3 is 2.71 bits per heavy atom. The number of hydrogen-bond acceptors (Lipinski definition) is 3. The van der Waals surface area contributed by atoms with Crippen LogP contribution in [0.4, 0.5) is 11.4 Å². The molecular weight excluding hydrogens is 288 g/mol. The van der Waals surface area contributed by atoms with Crippen molar-refractivity contribution in [2.24, 2.45) is 11.3 Å². The fourth-order valence-corrected chi connectivity index (χ4v) is 3.47. The molecule has 114 valence electrons. The van der Waals surface area contributed by atoms with Crippen molar-refractivity contribution in [1.82, 2.24) is 0 Å². The van der Waals surface area contributed by atoms with Gasteiger partial charge in [0.25, 0.3) is 5.91 Å². The third kappa shape index (κ3) is 2.51. The average molecular weight is 309 g/mol. The summed E-state index contributed by atoms with van der Waals surface area (Å²) >= 11 is 6.37. The van der Waals surface area contributed by atoms with Crippen LogP contribution >= 0.6 is 11.6 Å². The highest BCUT2D eigenvalue weighted by Gasteiger charge is 2.34. The molecule has 2 N–H and O–H groups in total. The van der Waals surface area contributed by atoms with Crippen LogP contribution in [0.2, 0.25) is 5.02 Å². The Labute approximate surface area is 130 Å². The topological polar surface area (TPSA) is 52.6 Å². The number of halogens is 1. The predicted molar refractivity (Wildman–Crippen MR) is 84.8 cm³/mol. The Bertz CT molecular complexity index is 595. The van der Waals surface area contributed by atoms with E-state index in [0.717, 1.165) is 25.2 Å². The smallest absolute Gasteiger partial charge is 0.257 e. The number of nitrogens with one attached hydrogen (secondary N) is 1. The molecule has 2 aliphatic heterocycles. The van der Waals surface area contributed by atoms with Gasteiger partial charge in [0.15, 0.2) is 6.10 Å². The average Bonchev–Trinajstić information content (AvgIpc) is 2.96. The van der Waals surface area contributed by atoms with Gasteiger partial charge in [-0.05, 0) is 29.9 Å². The van der Waals surface area contributed by atoms with Gasteiger partial charge in [0, 0.05) is 24.3 Å². The van der Waals surface area contributed by atoms with Crippen LogP contribution < -0.4 is 10.2 Å². The highest BCUT2D eigenvalue weighted by Crippen LogP contribution is 2.42. The molecule has 4 nitrogen and oxygen atoms in total. The first-order chi connectivity index (χ1) is 9.77. The fraction of sp³-hybridized carbons (Fsp3) is 0.562. The van der Waals surface area contributed by atoms with E-state index in [1.807, 2.05) is 6.07 Å². The van der Waals surface area contributed by atoms with E-state index < -0.39 is 6.10 Å². The maximum absolute atomic E-state index is 11.5. The fourth-order valence-electron chi connectivity index (χ4n) is 3.18. The van der Waals surface area contributed by atoms with E-state index in [1.54, 1.807) is 6.07 Å². The molecule has 1 fully saturated rings.